The number of nitriles is 1. The number of aliphatic hydroxyl groups excluding tert-OH is 1. The van der Waals surface area contributed by atoms with Crippen LogP contribution in [0.3, 0.4) is 0 Å². The molecule has 1 aliphatic rings. The van der Waals surface area contributed by atoms with Crippen molar-refractivity contribution in [3.05, 3.63) is 29.8 Å². The number of rotatable bonds is 5. The maximum absolute atomic E-state index is 12.3. The lowest BCUT2D eigenvalue weighted by atomic mass is 9.91. The number of benzene rings is 1. The van der Waals surface area contributed by atoms with E-state index in [2.05, 4.69) is 5.32 Å². The van der Waals surface area contributed by atoms with Gasteiger partial charge in [0.1, 0.15) is 0 Å². The SMILES string of the molecule is N#Cc1ccc(NC(=O)N(CCCO)C2CCC2)cc1. The van der Waals surface area contributed by atoms with Crippen LogP contribution in [-0.4, -0.2) is 35.2 Å². The van der Waals surface area contributed by atoms with Gasteiger partial charge >= 0.3 is 6.03 Å². The molecule has 0 saturated heterocycles. The number of carbonyl (C=O) groups excluding carboxylic acids is 1. The maximum Gasteiger partial charge on any atom is 0.322 e. The predicted octanol–water partition coefficient (Wildman–Crippen LogP) is 2.33. The van der Waals surface area contributed by atoms with Crippen LogP contribution >= 0.6 is 0 Å². The number of amides is 2. The highest BCUT2D eigenvalue weighted by Gasteiger charge is 2.28. The molecule has 2 N–H and O–H groups in total. The van der Waals surface area contributed by atoms with E-state index in [0.717, 1.165) is 19.3 Å². The summed E-state index contributed by atoms with van der Waals surface area (Å²) in [5.74, 6) is 0. The van der Waals surface area contributed by atoms with Crippen LogP contribution < -0.4 is 5.32 Å². The number of hydrogen-bond acceptors (Lipinski definition) is 3. The van der Waals surface area contributed by atoms with Gasteiger partial charge in [-0.2, -0.15) is 5.26 Å². The smallest absolute Gasteiger partial charge is 0.322 e. The molecule has 5 heteroatoms. The summed E-state index contributed by atoms with van der Waals surface area (Å²) >= 11 is 0. The molecule has 0 radical (unpaired) electrons. The Balaban J connectivity index is 1.97. The van der Waals surface area contributed by atoms with Crippen LogP contribution in [-0.2, 0) is 0 Å². The molecule has 1 aromatic carbocycles. The summed E-state index contributed by atoms with van der Waals surface area (Å²) in [5, 5.41) is 20.5. The Morgan fingerprint density at radius 1 is 1.40 bits per heavy atom. The van der Waals surface area contributed by atoms with Gasteiger partial charge < -0.3 is 15.3 Å². The van der Waals surface area contributed by atoms with E-state index in [1.54, 1.807) is 29.2 Å². The first kappa shape index (κ1) is 14.4. The van der Waals surface area contributed by atoms with Gasteiger partial charge in [-0.15, -0.1) is 0 Å². The minimum atomic E-state index is -0.132. The number of nitrogens with one attached hydrogen (secondary N) is 1. The molecular weight excluding hydrogens is 254 g/mol. The Hall–Kier alpha value is -2.06. The van der Waals surface area contributed by atoms with E-state index in [-0.39, 0.29) is 12.6 Å². The predicted molar refractivity (Wildman–Crippen MR) is 76.2 cm³/mol. The Bertz CT molecular complexity index is 489. The van der Waals surface area contributed by atoms with Crippen molar-refractivity contribution >= 4 is 11.7 Å². The molecule has 0 aromatic heterocycles. The average Bonchev–Trinajstić information content (AvgIpc) is 2.42. The second-order valence-electron chi connectivity index (χ2n) is 4.97. The van der Waals surface area contributed by atoms with E-state index in [9.17, 15) is 4.79 Å². The van der Waals surface area contributed by atoms with Gasteiger partial charge in [0.2, 0.25) is 0 Å². The van der Waals surface area contributed by atoms with Crippen LogP contribution in [0.2, 0.25) is 0 Å². The molecule has 0 aliphatic heterocycles. The van der Waals surface area contributed by atoms with Crippen molar-refractivity contribution in [3.8, 4) is 6.07 Å². The second-order valence-corrected chi connectivity index (χ2v) is 4.97. The number of nitrogens with zero attached hydrogens (tertiary/aromatic N) is 2. The van der Waals surface area contributed by atoms with Gasteiger partial charge in [-0.05, 0) is 49.9 Å². The van der Waals surface area contributed by atoms with E-state index >= 15 is 0 Å². The first-order chi connectivity index (χ1) is 9.74. The van der Waals surface area contributed by atoms with Crippen LogP contribution in [0.1, 0.15) is 31.2 Å². The van der Waals surface area contributed by atoms with E-state index in [1.807, 2.05) is 6.07 Å². The number of urea groups is 1. The van der Waals surface area contributed by atoms with E-state index in [4.69, 9.17) is 10.4 Å². The Morgan fingerprint density at radius 3 is 2.60 bits per heavy atom. The Morgan fingerprint density at radius 2 is 2.10 bits per heavy atom. The summed E-state index contributed by atoms with van der Waals surface area (Å²) in [6, 6.07) is 9.01. The lowest BCUT2D eigenvalue weighted by Gasteiger charge is -2.37. The third kappa shape index (κ3) is 3.49. The van der Waals surface area contributed by atoms with Crippen molar-refractivity contribution in [1.82, 2.24) is 4.90 Å². The molecule has 2 rings (SSSR count). The summed E-state index contributed by atoms with van der Waals surface area (Å²) in [5.41, 5.74) is 1.25. The second kappa shape index (κ2) is 6.92. The van der Waals surface area contributed by atoms with E-state index in [0.29, 0.717) is 30.3 Å². The third-order valence-corrected chi connectivity index (χ3v) is 3.60. The molecule has 20 heavy (non-hydrogen) atoms. The quantitative estimate of drug-likeness (QED) is 0.864. The largest absolute Gasteiger partial charge is 0.396 e. The van der Waals surface area contributed by atoms with Gasteiger partial charge in [0.05, 0.1) is 11.6 Å². The first-order valence-electron chi connectivity index (χ1n) is 6.93. The minimum absolute atomic E-state index is 0.0906. The molecular formula is C15H19N3O2. The molecule has 0 heterocycles. The fourth-order valence-corrected chi connectivity index (χ4v) is 2.21. The molecule has 1 aromatic rings. The van der Waals surface area contributed by atoms with Crippen LogP contribution in [0.4, 0.5) is 10.5 Å². The number of anilines is 1. The third-order valence-electron chi connectivity index (χ3n) is 3.60. The molecule has 0 spiro atoms. The molecule has 5 nitrogen and oxygen atoms in total. The monoisotopic (exact) mass is 273 g/mol. The Labute approximate surface area is 118 Å². The normalized spacial score (nSPS) is 14.2. The first-order valence-corrected chi connectivity index (χ1v) is 6.93. The molecule has 1 saturated carbocycles. The van der Waals surface area contributed by atoms with Gasteiger partial charge in [0.15, 0.2) is 0 Å². The minimum Gasteiger partial charge on any atom is -0.396 e. The highest BCUT2D eigenvalue weighted by atomic mass is 16.3. The molecule has 1 aliphatic carbocycles. The summed E-state index contributed by atoms with van der Waals surface area (Å²) in [6.07, 6.45) is 3.82. The average molecular weight is 273 g/mol. The van der Waals surface area contributed by atoms with Crippen LogP contribution in [0.5, 0.6) is 0 Å². The number of hydrogen-bond donors (Lipinski definition) is 2. The van der Waals surface area contributed by atoms with Crippen molar-refractivity contribution < 1.29 is 9.90 Å². The van der Waals surface area contributed by atoms with Crippen LogP contribution in [0, 0.1) is 11.3 Å². The Kier molecular flexibility index (Phi) is 4.97. The fourth-order valence-electron chi connectivity index (χ4n) is 2.21. The molecule has 0 unspecified atom stereocenters. The highest BCUT2D eigenvalue weighted by molar-refractivity contribution is 5.89. The van der Waals surface area contributed by atoms with Gasteiger partial charge in [0.25, 0.3) is 0 Å². The molecule has 1 fully saturated rings. The van der Waals surface area contributed by atoms with Gasteiger partial charge in [-0.25, -0.2) is 4.79 Å². The lowest BCUT2D eigenvalue weighted by Crippen LogP contribution is -2.46. The number of carbonyl (C=O) groups is 1. The van der Waals surface area contributed by atoms with Crippen molar-refractivity contribution in [2.24, 2.45) is 0 Å². The number of aliphatic hydroxyl groups is 1. The highest BCUT2D eigenvalue weighted by Crippen LogP contribution is 2.25. The molecule has 2 amide bonds. The van der Waals surface area contributed by atoms with Gasteiger partial charge in [0, 0.05) is 24.9 Å². The summed E-state index contributed by atoms with van der Waals surface area (Å²) in [4.78, 5) is 14.1. The molecule has 106 valence electrons. The van der Waals surface area contributed by atoms with E-state index < -0.39 is 0 Å². The topological polar surface area (TPSA) is 76.4 Å². The van der Waals surface area contributed by atoms with Crippen LogP contribution in [0.25, 0.3) is 0 Å². The van der Waals surface area contributed by atoms with Gasteiger partial charge in [-0.1, -0.05) is 0 Å². The summed E-state index contributed by atoms with van der Waals surface area (Å²) in [7, 11) is 0. The van der Waals surface area contributed by atoms with E-state index in [1.165, 1.54) is 0 Å². The molecule has 0 bridgehead atoms. The molecule has 0 atom stereocenters. The van der Waals surface area contributed by atoms with Crippen molar-refractivity contribution in [3.63, 3.8) is 0 Å². The van der Waals surface area contributed by atoms with Crippen molar-refractivity contribution in [1.29, 1.82) is 5.26 Å². The standard InChI is InChI=1S/C15H19N3O2/c16-11-12-5-7-13(8-6-12)17-15(20)18(9-2-10-19)14-3-1-4-14/h5-8,14,19H,1-4,9-10H2,(H,17,20). The maximum atomic E-state index is 12.3. The van der Waals surface area contributed by atoms with Crippen LogP contribution in [0.15, 0.2) is 24.3 Å². The van der Waals surface area contributed by atoms with Crippen molar-refractivity contribution in [2.75, 3.05) is 18.5 Å². The zero-order valence-corrected chi connectivity index (χ0v) is 11.4. The van der Waals surface area contributed by atoms with Gasteiger partial charge in [-0.3, -0.25) is 0 Å². The van der Waals surface area contributed by atoms with Crippen molar-refractivity contribution in [2.45, 2.75) is 31.7 Å². The summed E-state index contributed by atoms with van der Waals surface area (Å²) < 4.78 is 0. The fraction of sp³-hybridized carbons (Fsp3) is 0.467. The zero-order valence-electron chi connectivity index (χ0n) is 11.4. The summed E-state index contributed by atoms with van der Waals surface area (Å²) in [6.45, 7) is 0.663. The lowest BCUT2D eigenvalue weighted by molar-refractivity contribution is 0.140. The zero-order chi connectivity index (χ0) is 14.4.